The molecule has 54 heavy (non-hydrogen) atoms. The second-order valence-electron chi connectivity index (χ2n) is 15.3. The molecule has 9 aromatic rings. The summed E-state index contributed by atoms with van der Waals surface area (Å²) in [7, 11) is 2.21. The van der Waals surface area contributed by atoms with Gasteiger partial charge in [0, 0.05) is 56.5 Å². The first-order chi connectivity index (χ1) is 26.5. The maximum Gasteiger partial charge on any atom is 0.136 e. The van der Waals surface area contributed by atoms with Crippen molar-refractivity contribution >= 4 is 55.0 Å². The molecule has 0 amide bonds. The fourth-order valence-corrected chi connectivity index (χ4v) is 9.48. The zero-order valence-electron chi connectivity index (χ0n) is 30.5. The number of para-hydroxylation sites is 3. The first kappa shape index (κ1) is 30.9. The lowest BCUT2D eigenvalue weighted by Gasteiger charge is -2.38. The lowest BCUT2D eigenvalue weighted by atomic mass is 9.84. The first-order valence-electron chi connectivity index (χ1n) is 18.8. The molecule has 0 spiro atoms. The normalized spacial score (nSPS) is 16.4. The van der Waals surface area contributed by atoms with E-state index in [1.807, 2.05) is 0 Å². The molecule has 258 valence electrons. The van der Waals surface area contributed by atoms with E-state index in [2.05, 4.69) is 205 Å². The van der Waals surface area contributed by atoms with Crippen LogP contribution in [0.5, 0.6) is 0 Å². The van der Waals surface area contributed by atoms with Gasteiger partial charge >= 0.3 is 0 Å². The van der Waals surface area contributed by atoms with Crippen LogP contribution in [0.2, 0.25) is 0 Å². The Morgan fingerprint density at radius 1 is 0.500 bits per heavy atom. The molecule has 7 aromatic carbocycles. The predicted molar refractivity (Wildman–Crippen MR) is 225 cm³/mol. The van der Waals surface area contributed by atoms with Crippen molar-refractivity contribution in [1.82, 2.24) is 14.0 Å². The van der Waals surface area contributed by atoms with Crippen LogP contribution in [0.3, 0.4) is 0 Å². The average Bonchev–Trinajstić information content (AvgIpc) is 3.80. The van der Waals surface area contributed by atoms with Crippen molar-refractivity contribution in [1.29, 1.82) is 0 Å². The van der Waals surface area contributed by atoms with Gasteiger partial charge in [0.2, 0.25) is 0 Å². The molecule has 1 aliphatic carbocycles. The van der Waals surface area contributed by atoms with Crippen LogP contribution >= 0.6 is 0 Å². The number of nitrogens with zero attached hydrogens (tertiary/aromatic N) is 4. The second-order valence-corrected chi connectivity index (χ2v) is 15.3. The number of benzene rings is 7. The molecule has 11 rings (SSSR count). The van der Waals surface area contributed by atoms with Crippen LogP contribution in [-0.4, -0.2) is 26.9 Å². The van der Waals surface area contributed by atoms with Crippen LogP contribution in [0.15, 0.2) is 181 Å². The molecule has 0 bridgehead atoms. The lowest BCUT2D eigenvalue weighted by molar-refractivity contribution is 0.437. The number of aliphatic imine (C=N–C) groups is 1. The molecule has 0 saturated heterocycles. The highest BCUT2D eigenvalue weighted by atomic mass is 15.2. The van der Waals surface area contributed by atoms with Gasteiger partial charge in [-0.1, -0.05) is 135 Å². The molecular weight excluding hydrogens is 657 g/mol. The van der Waals surface area contributed by atoms with Crippen molar-refractivity contribution in [3.8, 4) is 11.4 Å². The van der Waals surface area contributed by atoms with E-state index in [0.717, 1.165) is 22.8 Å². The highest BCUT2D eigenvalue weighted by molar-refractivity contribution is 6.19. The van der Waals surface area contributed by atoms with Crippen LogP contribution in [-0.2, 0) is 5.41 Å². The van der Waals surface area contributed by atoms with Crippen molar-refractivity contribution in [2.45, 2.75) is 25.3 Å². The Bertz CT molecular complexity index is 3030. The average molecular weight is 695 g/mol. The van der Waals surface area contributed by atoms with E-state index in [9.17, 15) is 0 Å². The second kappa shape index (κ2) is 11.4. The molecular formula is C50H38N4. The van der Waals surface area contributed by atoms with Gasteiger partial charge in [0.1, 0.15) is 5.84 Å². The van der Waals surface area contributed by atoms with Gasteiger partial charge in [-0.2, -0.15) is 0 Å². The molecule has 2 aliphatic rings. The highest BCUT2D eigenvalue weighted by Crippen LogP contribution is 2.54. The third kappa shape index (κ3) is 4.28. The molecule has 1 atom stereocenters. The van der Waals surface area contributed by atoms with Crippen LogP contribution in [0.4, 0.5) is 0 Å². The minimum atomic E-state index is -0.222. The highest BCUT2D eigenvalue weighted by Gasteiger charge is 2.45. The van der Waals surface area contributed by atoms with E-state index >= 15 is 0 Å². The summed E-state index contributed by atoms with van der Waals surface area (Å²) in [6.07, 6.45) is 0. The number of amidine groups is 1. The van der Waals surface area contributed by atoms with E-state index < -0.39 is 0 Å². The lowest BCUT2D eigenvalue weighted by Crippen LogP contribution is -2.36. The van der Waals surface area contributed by atoms with Gasteiger partial charge in [-0.05, 0) is 65.2 Å². The largest absolute Gasteiger partial charge is 0.348 e. The molecule has 0 radical (unpaired) electrons. The van der Waals surface area contributed by atoms with Gasteiger partial charge < -0.3 is 14.0 Å². The first-order valence-corrected chi connectivity index (χ1v) is 18.8. The van der Waals surface area contributed by atoms with Crippen LogP contribution in [0.1, 0.15) is 42.1 Å². The van der Waals surface area contributed by atoms with Gasteiger partial charge in [0.15, 0.2) is 0 Å². The molecule has 3 heterocycles. The van der Waals surface area contributed by atoms with Crippen molar-refractivity contribution in [2.75, 3.05) is 7.05 Å². The molecule has 4 nitrogen and oxygen atoms in total. The summed E-state index contributed by atoms with van der Waals surface area (Å²) in [5.74, 6) is 1.000. The fourth-order valence-electron chi connectivity index (χ4n) is 9.48. The maximum absolute atomic E-state index is 5.49. The summed E-state index contributed by atoms with van der Waals surface area (Å²) in [5, 5.41) is 4.99. The Kier molecular flexibility index (Phi) is 6.54. The third-order valence-electron chi connectivity index (χ3n) is 11.9. The summed E-state index contributed by atoms with van der Waals surface area (Å²) in [5.41, 5.74) is 14.4. The molecule has 1 unspecified atom stereocenters. The summed E-state index contributed by atoms with van der Waals surface area (Å²) < 4.78 is 4.88. The van der Waals surface area contributed by atoms with Crippen LogP contribution < -0.4 is 0 Å². The van der Waals surface area contributed by atoms with E-state index in [1.165, 1.54) is 71.6 Å². The standard InChI is InChI=1S/C50H38N4/c1-50(2)41-26-13-10-25-38(41)46-47(52(3)49(51-48(46)50)32-17-6-4-7-18-32)33-19-16-22-35(29-33)54-43-28-15-12-24-37(43)40-30-44-39(31-45(40)54)36-23-11-14-27-42(36)53(44)34-20-8-5-9-21-34/h4-31,47H,1-3H3. The number of hydrogen-bond donors (Lipinski definition) is 0. The summed E-state index contributed by atoms with van der Waals surface area (Å²) in [6, 6.07) is 61.9. The molecule has 4 heteroatoms. The minimum Gasteiger partial charge on any atom is -0.348 e. The minimum absolute atomic E-state index is 0.0285. The number of rotatable bonds is 4. The fraction of sp³-hybridized carbons (Fsp3) is 0.100. The van der Waals surface area contributed by atoms with Gasteiger partial charge in [0.05, 0.1) is 33.8 Å². The van der Waals surface area contributed by atoms with Crippen LogP contribution in [0, 0.1) is 0 Å². The van der Waals surface area contributed by atoms with Gasteiger partial charge in [-0.15, -0.1) is 0 Å². The maximum atomic E-state index is 5.49. The van der Waals surface area contributed by atoms with Gasteiger partial charge in [-0.25, -0.2) is 4.99 Å². The number of likely N-dealkylation sites (N-methyl/N-ethyl adjacent to an activating group) is 1. The zero-order valence-corrected chi connectivity index (χ0v) is 30.5. The van der Waals surface area contributed by atoms with Crippen LogP contribution in [0.25, 0.3) is 60.6 Å². The predicted octanol–water partition coefficient (Wildman–Crippen LogP) is 12.0. The molecule has 0 N–H and O–H groups in total. The van der Waals surface area contributed by atoms with Crippen molar-refractivity contribution in [3.05, 3.63) is 198 Å². The number of fused-ring (bicyclic) bond motifs is 8. The van der Waals surface area contributed by atoms with Crippen molar-refractivity contribution in [3.63, 3.8) is 0 Å². The third-order valence-corrected chi connectivity index (χ3v) is 11.9. The summed E-state index contributed by atoms with van der Waals surface area (Å²) >= 11 is 0. The van der Waals surface area contributed by atoms with Crippen molar-refractivity contribution < 1.29 is 0 Å². The number of aromatic nitrogens is 2. The Morgan fingerprint density at radius 2 is 1.06 bits per heavy atom. The number of allylic oxidation sites excluding steroid dienone is 1. The van der Waals surface area contributed by atoms with Gasteiger partial charge in [-0.3, -0.25) is 0 Å². The SMILES string of the molecule is CN1C(c2ccccc2)=NC2=C(c3ccccc3C2(C)C)C1c1cccc(-n2c3ccccc3c3cc4c(cc32)c2ccccc2n4-c2ccccc2)c1. The molecule has 2 aromatic heterocycles. The topological polar surface area (TPSA) is 25.5 Å². The van der Waals surface area contributed by atoms with Gasteiger partial charge in [0.25, 0.3) is 0 Å². The van der Waals surface area contributed by atoms with E-state index in [-0.39, 0.29) is 11.5 Å². The Balaban J connectivity index is 1.16. The molecule has 0 fully saturated rings. The molecule has 0 saturated carbocycles. The van der Waals surface area contributed by atoms with E-state index in [0.29, 0.717) is 0 Å². The molecule has 1 aliphatic heterocycles. The quantitative estimate of drug-likeness (QED) is 0.180. The van der Waals surface area contributed by atoms with Crippen molar-refractivity contribution in [2.24, 2.45) is 4.99 Å². The van der Waals surface area contributed by atoms with E-state index in [4.69, 9.17) is 4.99 Å². The zero-order chi connectivity index (χ0) is 36.1. The summed E-state index contributed by atoms with van der Waals surface area (Å²) in [6.45, 7) is 4.65. The Morgan fingerprint density at radius 3 is 1.74 bits per heavy atom. The number of hydrogen-bond acceptors (Lipinski definition) is 2. The Labute approximate surface area is 314 Å². The van der Waals surface area contributed by atoms with E-state index in [1.54, 1.807) is 0 Å². The smallest absolute Gasteiger partial charge is 0.136 e. The summed E-state index contributed by atoms with van der Waals surface area (Å²) in [4.78, 5) is 7.87. The Hall–Kier alpha value is -6.65. The monoisotopic (exact) mass is 694 g/mol.